The first-order valence-corrected chi connectivity index (χ1v) is 8.17. The van der Waals surface area contributed by atoms with Crippen molar-refractivity contribution in [2.75, 3.05) is 5.75 Å². The highest BCUT2D eigenvalue weighted by molar-refractivity contribution is 7.99. The van der Waals surface area contributed by atoms with Crippen LogP contribution in [0.5, 0.6) is 5.75 Å². The molecule has 0 aliphatic rings. The molecule has 7 heteroatoms. The van der Waals surface area contributed by atoms with E-state index in [2.05, 4.69) is 22.2 Å². The molecule has 0 atom stereocenters. The molecule has 0 aliphatic heterocycles. The van der Waals surface area contributed by atoms with Gasteiger partial charge >= 0.3 is 0 Å². The van der Waals surface area contributed by atoms with Gasteiger partial charge in [0.05, 0.1) is 6.21 Å². The lowest BCUT2D eigenvalue weighted by Gasteiger charge is -2.02. The lowest BCUT2D eigenvalue weighted by atomic mass is 10.3. The quantitative estimate of drug-likeness (QED) is 0.491. The van der Waals surface area contributed by atoms with E-state index in [1.54, 1.807) is 29.0 Å². The van der Waals surface area contributed by atoms with E-state index in [0.29, 0.717) is 12.4 Å². The first-order chi connectivity index (χ1) is 11.3. The number of thioether (sulfide) groups is 1. The van der Waals surface area contributed by atoms with Gasteiger partial charge in [-0.2, -0.15) is 9.78 Å². The number of para-hydroxylation sites is 1. The van der Waals surface area contributed by atoms with Gasteiger partial charge in [0.15, 0.2) is 0 Å². The Labute approximate surface area is 138 Å². The Kier molecular flexibility index (Phi) is 5.10. The van der Waals surface area contributed by atoms with E-state index in [-0.39, 0.29) is 0 Å². The van der Waals surface area contributed by atoms with Crippen LogP contribution in [0.2, 0.25) is 0 Å². The molecular formula is C16H16N4O2S. The second-order valence-corrected chi connectivity index (χ2v) is 5.77. The molecule has 23 heavy (non-hydrogen) atoms. The van der Waals surface area contributed by atoms with E-state index in [1.807, 2.05) is 42.5 Å². The third kappa shape index (κ3) is 4.23. The molecule has 2 heterocycles. The Bertz CT molecular complexity index is 767. The summed E-state index contributed by atoms with van der Waals surface area (Å²) in [6, 6.07) is 13.3. The van der Waals surface area contributed by atoms with E-state index in [1.165, 1.54) is 0 Å². The van der Waals surface area contributed by atoms with Gasteiger partial charge in [-0.25, -0.2) is 0 Å². The molecule has 6 nitrogen and oxygen atoms in total. The van der Waals surface area contributed by atoms with Gasteiger partial charge in [-0.05, 0) is 30.0 Å². The number of hydrogen-bond donors (Lipinski definition) is 0. The second kappa shape index (κ2) is 7.64. The molecule has 0 saturated heterocycles. The van der Waals surface area contributed by atoms with Crippen LogP contribution in [-0.2, 0) is 6.61 Å². The average Bonchev–Trinajstić information content (AvgIpc) is 3.21. The summed E-state index contributed by atoms with van der Waals surface area (Å²) in [4.78, 5) is 0. The molecule has 0 amide bonds. The molecule has 0 N–H and O–H groups in total. The van der Waals surface area contributed by atoms with Crippen molar-refractivity contribution < 1.29 is 9.15 Å². The van der Waals surface area contributed by atoms with Crippen molar-refractivity contribution >= 4 is 18.0 Å². The minimum Gasteiger partial charge on any atom is -0.486 e. The summed E-state index contributed by atoms with van der Waals surface area (Å²) in [7, 11) is 0. The van der Waals surface area contributed by atoms with Crippen LogP contribution in [0.3, 0.4) is 0 Å². The second-order valence-electron chi connectivity index (χ2n) is 4.54. The van der Waals surface area contributed by atoms with Crippen molar-refractivity contribution in [1.29, 1.82) is 0 Å². The zero-order valence-corrected chi connectivity index (χ0v) is 13.4. The molecule has 0 radical (unpaired) electrons. The predicted octanol–water partition coefficient (Wildman–Crippen LogP) is 3.44. The van der Waals surface area contributed by atoms with Crippen molar-refractivity contribution in [1.82, 2.24) is 14.9 Å². The van der Waals surface area contributed by atoms with Crippen molar-refractivity contribution in [3.8, 4) is 5.75 Å². The molecule has 0 saturated carbocycles. The Morgan fingerprint density at radius 1 is 1.26 bits per heavy atom. The maximum atomic E-state index is 5.67. The third-order valence-electron chi connectivity index (χ3n) is 2.89. The molecule has 1 aromatic carbocycles. The summed E-state index contributed by atoms with van der Waals surface area (Å²) in [5.74, 6) is 3.11. The monoisotopic (exact) mass is 328 g/mol. The van der Waals surface area contributed by atoms with Crippen LogP contribution in [0.15, 0.2) is 63.5 Å². The number of rotatable bonds is 7. The molecule has 118 valence electrons. The molecule has 0 fully saturated rings. The largest absolute Gasteiger partial charge is 0.486 e. The molecule has 3 rings (SSSR count). The lowest BCUT2D eigenvalue weighted by Crippen LogP contribution is -1.93. The minimum absolute atomic E-state index is 0.376. The fraction of sp³-hybridized carbons (Fsp3) is 0.188. The number of ether oxygens (including phenoxy) is 1. The summed E-state index contributed by atoms with van der Waals surface area (Å²) in [5, 5.41) is 12.9. The molecule has 0 spiro atoms. The summed E-state index contributed by atoms with van der Waals surface area (Å²) in [5.41, 5.74) is 0. The van der Waals surface area contributed by atoms with Crippen LogP contribution in [0, 0.1) is 0 Å². The Hall–Kier alpha value is -2.54. The van der Waals surface area contributed by atoms with Gasteiger partial charge in [-0.1, -0.05) is 36.9 Å². The molecule has 0 unspecified atom stereocenters. The predicted molar refractivity (Wildman–Crippen MR) is 88.9 cm³/mol. The Balaban J connectivity index is 1.60. The maximum absolute atomic E-state index is 5.67. The smallest absolute Gasteiger partial charge is 0.211 e. The van der Waals surface area contributed by atoms with Crippen LogP contribution in [0.25, 0.3) is 0 Å². The number of hydrogen-bond acceptors (Lipinski definition) is 6. The van der Waals surface area contributed by atoms with Crippen LogP contribution in [0.1, 0.15) is 18.4 Å². The minimum atomic E-state index is 0.376. The fourth-order valence-corrected chi connectivity index (χ4v) is 2.44. The molecule has 3 aromatic rings. The van der Waals surface area contributed by atoms with Crippen molar-refractivity contribution in [2.45, 2.75) is 18.7 Å². The van der Waals surface area contributed by atoms with Gasteiger partial charge in [0.2, 0.25) is 5.16 Å². The molecular weight excluding hydrogens is 312 g/mol. The van der Waals surface area contributed by atoms with Crippen LogP contribution >= 0.6 is 11.8 Å². The number of nitrogens with zero attached hydrogens (tertiary/aromatic N) is 4. The van der Waals surface area contributed by atoms with Crippen LogP contribution in [0.4, 0.5) is 0 Å². The van der Waals surface area contributed by atoms with Crippen LogP contribution in [-0.4, -0.2) is 26.8 Å². The summed E-state index contributed by atoms with van der Waals surface area (Å²) in [6.07, 6.45) is 3.20. The van der Waals surface area contributed by atoms with Gasteiger partial charge < -0.3 is 9.15 Å². The van der Waals surface area contributed by atoms with Crippen molar-refractivity contribution in [3.05, 3.63) is 60.3 Å². The first kappa shape index (κ1) is 15.4. The number of aromatic nitrogens is 3. The third-order valence-corrected chi connectivity index (χ3v) is 3.71. The Morgan fingerprint density at radius 3 is 2.96 bits per heavy atom. The summed E-state index contributed by atoms with van der Waals surface area (Å²) in [6.45, 7) is 2.43. The van der Waals surface area contributed by atoms with Gasteiger partial charge in [0.1, 0.15) is 30.2 Å². The van der Waals surface area contributed by atoms with E-state index >= 15 is 0 Å². The normalized spacial score (nSPS) is 11.2. The molecule has 0 bridgehead atoms. The SMILES string of the molecule is CCSc1nncn1N=Cc1ccc(COc2ccccc2)o1. The van der Waals surface area contributed by atoms with E-state index in [0.717, 1.165) is 22.4 Å². The first-order valence-electron chi connectivity index (χ1n) is 7.19. The van der Waals surface area contributed by atoms with E-state index in [9.17, 15) is 0 Å². The summed E-state index contributed by atoms with van der Waals surface area (Å²) < 4.78 is 12.9. The van der Waals surface area contributed by atoms with Gasteiger partial charge in [-0.15, -0.1) is 10.2 Å². The Morgan fingerprint density at radius 2 is 2.13 bits per heavy atom. The van der Waals surface area contributed by atoms with Gasteiger partial charge in [0, 0.05) is 0 Å². The van der Waals surface area contributed by atoms with Crippen LogP contribution < -0.4 is 4.74 Å². The van der Waals surface area contributed by atoms with Crippen molar-refractivity contribution in [3.63, 3.8) is 0 Å². The molecule has 2 aromatic heterocycles. The zero-order valence-electron chi connectivity index (χ0n) is 12.6. The molecule has 0 aliphatic carbocycles. The van der Waals surface area contributed by atoms with E-state index < -0.39 is 0 Å². The van der Waals surface area contributed by atoms with Gasteiger partial charge in [-0.3, -0.25) is 0 Å². The highest BCUT2D eigenvalue weighted by atomic mass is 32.2. The number of furan rings is 1. The zero-order chi connectivity index (χ0) is 15.9. The maximum Gasteiger partial charge on any atom is 0.211 e. The fourth-order valence-electron chi connectivity index (χ4n) is 1.85. The topological polar surface area (TPSA) is 65.4 Å². The lowest BCUT2D eigenvalue weighted by molar-refractivity contribution is 0.270. The van der Waals surface area contributed by atoms with E-state index in [4.69, 9.17) is 9.15 Å². The van der Waals surface area contributed by atoms with Gasteiger partial charge in [0.25, 0.3) is 0 Å². The van der Waals surface area contributed by atoms with Crippen molar-refractivity contribution in [2.24, 2.45) is 5.10 Å². The number of benzene rings is 1. The average molecular weight is 328 g/mol. The standard InChI is InChI=1S/C16H16N4O2S/c1-2-23-16-19-17-12-20(16)18-10-14-8-9-15(22-14)11-21-13-6-4-3-5-7-13/h3-10,12H,2,11H2,1H3. The highest BCUT2D eigenvalue weighted by Crippen LogP contribution is 2.15. The highest BCUT2D eigenvalue weighted by Gasteiger charge is 2.04. The summed E-state index contributed by atoms with van der Waals surface area (Å²) >= 11 is 1.58.